The molecule has 1 aliphatic heterocycles. The molecule has 2 bridgehead atoms. The number of imide groups is 1. The Balaban J connectivity index is 1.56. The van der Waals surface area contributed by atoms with Gasteiger partial charge in [-0.15, -0.1) is 0 Å². The highest BCUT2D eigenvalue weighted by molar-refractivity contribution is 9.12. The Labute approximate surface area is 237 Å². The quantitative estimate of drug-likeness (QED) is 0.141. The van der Waals surface area contributed by atoms with Gasteiger partial charge in [0.25, 0.3) is 23.4 Å². The lowest BCUT2D eigenvalue weighted by atomic mass is 9.81. The minimum atomic E-state index is -1.02. The minimum absolute atomic E-state index is 0.0202. The molecule has 3 amide bonds. The minimum Gasteiger partial charge on any atom is -0.292 e. The van der Waals surface area contributed by atoms with Crippen LogP contribution in [0.4, 0.5) is 5.69 Å². The lowest BCUT2D eigenvalue weighted by Crippen LogP contribution is -2.53. The van der Waals surface area contributed by atoms with E-state index in [0.29, 0.717) is 16.4 Å². The molecule has 0 spiro atoms. The average molecular weight is 674 g/mol. The zero-order valence-electron chi connectivity index (χ0n) is 18.7. The summed E-state index contributed by atoms with van der Waals surface area (Å²) in [6, 6.07) is 9.32. The highest BCUT2D eigenvalue weighted by Crippen LogP contribution is 2.60. The molecule has 3 aliphatic rings. The molecule has 2 aromatic rings. The lowest BCUT2D eigenvalue weighted by molar-refractivity contribution is -0.385. The van der Waals surface area contributed by atoms with Crippen molar-refractivity contribution in [3.8, 4) is 0 Å². The van der Waals surface area contributed by atoms with Crippen molar-refractivity contribution in [3.63, 3.8) is 0 Å². The largest absolute Gasteiger partial charge is 0.292 e. The van der Waals surface area contributed by atoms with Crippen molar-refractivity contribution in [1.82, 2.24) is 10.0 Å². The van der Waals surface area contributed by atoms with Gasteiger partial charge in [0.05, 0.1) is 21.8 Å². The summed E-state index contributed by atoms with van der Waals surface area (Å²) in [4.78, 5) is 65.1. The number of Topliss-reactive ketones (excluding diaryl/α,β-unsaturated/α-hetero) is 1. The van der Waals surface area contributed by atoms with Crippen LogP contribution in [0.3, 0.4) is 0 Å². The van der Waals surface area contributed by atoms with Crippen molar-refractivity contribution in [2.45, 2.75) is 16.1 Å². The lowest BCUT2D eigenvalue weighted by Gasteiger charge is -2.30. The number of carbonyl (C=O) groups excluding carboxylic acids is 4. The Kier molecular flexibility index (Phi) is 6.93. The van der Waals surface area contributed by atoms with E-state index in [1.807, 2.05) is 0 Å². The molecule has 0 radical (unpaired) electrons. The number of hydrogen-bond acceptors (Lipinski definition) is 6. The molecule has 1 heterocycles. The Hall–Kier alpha value is -2.34. The summed E-state index contributed by atoms with van der Waals surface area (Å²) < 4.78 is 0. The summed E-state index contributed by atoms with van der Waals surface area (Å²) in [5.74, 6) is -4.49. The van der Waals surface area contributed by atoms with Crippen LogP contribution in [0, 0.1) is 33.8 Å². The number of benzene rings is 2. The van der Waals surface area contributed by atoms with Gasteiger partial charge < -0.3 is 0 Å². The second-order valence-electron chi connectivity index (χ2n) is 9.18. The predicted molar refractivity (Wildman–Crippen MR) is 141 cm³/mol. The van der Waals surface area contributed by atoms with Gasteiger partial charge in [-0.2, -0.15) is 5.01 Å². The number of hydrazine groups is 1. The van der Waals surface area contributed by atoms with E-state index in [1.54, 1.807) is 0 Å². The van der Waals surface area contributed by atoms with Crippen LogP contribution in [0.2, 0.25) is 10.0 Å². The van der Waals surface area contributed by atoms with Crippen molar-refractivity contribution in [2.24, 2.45) is 23.7 Å². The van der Waals surface area contributed by atoms with E-state index in [0.717, 1.165) is 6.07 Å². The fraction of sp³-hybridized carbons (Fsp3) is 0.333. The zero-order chi connectivity index (χ0) is 26.8. The second-order valence-corrected chi connectivity index (χ2v) is 12.1. The van der Waals surface area contributed by atoms with E-state index >= 15 is 0 Å². The molecule has 2 aliphatic carbocycles. The van der Waals surface area contributed by atoms with Crippen LogP contribution in [-0.4, -0.2) is 54.6 Å². The fourth-order valence-corrected chi connectivity index (χ4v) is 8.08. The Bertz CT molecular complexity index is 1340. The van der Waals surface area contributed by atoms with Gasteiger partial charge in [0.15, 0.2) is 5.78 Å². The third kappa shape index (κ3) is 4.20. The highest BCUT2D eigenvalue weighted by Gasteiger charge is 2.67. The van der Waals surface area contributed by atoms with E-state index in [1.165, 1.54) is 36.4 Å². The van der Waals surface area contributed by atoms with Gasteiger partial charge in [-0.05, 0) is 42.5 Å². The number of nitro groups is 1. The van der Waals surface area contributed by atoms with Gasteiger partial charge in [-0.1, -0.05) is 67.2 Å². The van der Waals surface area contributed by atoms with Gasteiger partial charge in [0.2, 0.25) is 0 Å². The number of fused-ring (bicyclic) bond motifs is 5. The Morgan fingerprint density at radius 3 is 2.16 bits per heavy atom. The molecule has 6 atom stereocenters. The summed E-state index contributed by atoms with van der Waals surface area (Å²) in [6.07, 6.45) is 0.671. The van der Waals surface area contributed by atoms with E-state index in [4.69, 9.17) is 23.2 Å². The van der Waals surface area contributed by atoms with Crippen LogP contribution in [0.1, 0.15) is 27.1 Å². The first-order chi connectivity index (χ1) is 17.5. The summed E-state index contributed by atoms with van der Waals surface area (Å²) in [7, 11) is 0. The smallest absolute Gasteiger partial charge is 0.282 e. The number of nitrogens with zero attached hydrogens (tertiary/aromatic N) is 3. The van der Waals surface area contributed by atoms with Crippen LogP contribution in [-0.2, 0) is 9.59 Å². The molecule has 0 unspecified atom stereocenters. The van der Waals surface area contributed by atoms with Crippen LogP contribution in [0.25, 0.3) is 0 Å². The first kappa shape index (κ1) is 26.3. The fourth-order valence-electron chi connectivity index (χ4n) is 5.69. The predicted octanol–water partition coefficient (Wildman–Crippen LogP) is 4.92. The van der Waals surface area contributed by atoms with Crippen LogP contribution < -0.4 is 0 Å². The number of rotatable bonds is 6. The maximum Gasteiger partial charge on any atom is 0.282 e. The third-order valence-corrected chi connectivity index (χ3v) is 11.1. The van der Waals surface area contributed by atoms with Gasteiger partial charge in [0.1, 0.15) is 12.1 Å². The van der Waals surface area contributed by atoms with Gasteiger partial charge in [0, 0.05) is 26.3 Å². The molecule has 9 nitrogen and oxygen atoms in total. The van der Waals surface area contributed by atoms with Gasteiger partial charge in [-0.25, -0.2) is 5.01 Å². The number of alkyl halides is 2. The summed E-state index contributed by atoms with van der Waals surface area (Å²) in [5.41, 5.74) is -0.860. The maximum absolute atomic E-state index is 13.7. The van der Waals surface area contributed by atoms with Crippen molar-refractivity contribution in [3.05, 3.63) is 73.8 Å². The Morgan fingerprint density at radius 2 is 1.59 bits per heavy atom. The molecule has 2 saturated carbocycles. The molecule has 13 heteroatoms. The van der Waals surface area contributed by atoms with E-state index in [-0.39, 0.29) is 42.7 Å². The average Bonchev–Trinajstić information content (AvgIpc) is 3.47. The molecule has 1 saturated heterocycles. The molecule has 192 valence electrons. The molecule has 37 heavy (non-hydrogen) atoms. The van der Waals surface area contributed by atoms with E-state index in [9.17, 15) is 29.3 Å². The van der Waals surface area contributed by atoms with Crippen molar-refractivity contribution < 1.29 is 24.1 Å². The number of hydrogen-bond donors (Lipinski definition) is 0. The number of halogens is 4. The number of carbonyl (C=O) groups is 4. The summed E-state index contributed by atoms with van der Waals surface area (Å²) >= 11 is 19.3. The van der Waals surface area contributed by atoms with Gasteiger partial charge >= 0.3 is 0 Å². The second kappa shape index (κ2) is 9.76. The normalized spacial score (nSPS) is 27.9. The summed E-state index contributed by atoms with van der Waals surface area (Å²) in [5, 5.41) is 13.4. The molecule has 2 aromatic carbocycles. The third-order valence-electron chi connectivity index (χ3n) is 7.30. The molecule has 5 rings (SSSR count). The van der Waals surface area contributed by atoms with Crippen molar-refractivity contribution in [1.29, 1.82) is 0 Å². The highest BCUT2D eigenvalue weighted by atomic mass is 79.9. The molecule has 3 fully saturated rings. The zero-order valence-corrected chi connectivity index (χ0v) is 23.4. The molecule has 0 aromatic heterocycles. The van der Waals surface area contributed by atoms with E-state index < -0.39 is 52.5 Å². The van der Waals surface area contributed by atoms with Crippen molar-refractivity contribution in [2.75, 3.05) is 6.54 Å². The standard InChI is InChI=1S/C24H17Br2Cl2N3O6/c25-20-13-8-14(21(20)26)19-18(13)23(34)30(24(19)35)29(9-17(32)11-6-5-10(27)7-15(11)28)22(33)12-3-1-2-4-16(12)31(36)37/h1-7,13-14,18-21H,8-9H2/t13-,14-,18-,19+,20+,21+/m1/s1. The molecule has 0 N–H and O–H groups in total. The number of ketones is 1. The molecular weight excluding hydrogens is 657 g/mol. The van der Waals surface area contributed by atoms with Crippen molar-refractivity contribution >= 4 is 84.3 Å². The number of amides is 3. The Morgan fingerprint density at radius 1 is 1.00 bits per heavy atom. The van der Waals surface area contributed by atoms with Crippen LogP contribution in [0.5, 0.6) is 0 Å². The maximum atomic E-state index is 13.7. The van der Waals surface area contributed by atoms with Crippen LogP contribution >= 0.6 is 55.1 Å². The number of nitro benzene ring substituents is 1. The topological polar surface area (TPSA) is 118 Å². The number of para-hydroxylation sites is 1. The monoisotopic (exact) mass is 671 g/mol. The SMILES string of the molecule is O=C(CN(C(=O)c1ccccc1[N+](=O)[O-])N1C(=O)[C@@H]2[C@H]3C[C@@H]([C@H](Br)[C@H]3Br)[C@@H]2C1=O)c1ccc(Cl)cc1Cl. The first-order valence-electron chi connectivity index (χ1n) is 11.2. The summed E-state index contributed by atoms with van der Waals surface area (Å²) in [6.45, 7) is -0.742. The van der Waals surface area contributed by atoms with Crippen LogP contribution in [0.15, 0.2) is 42.5 Å². The van der Waals surface area contributed by atoms with E-state index in [2.05, 4.69) is 31.9 Å². The molecular formula is C24H17Br2Cl2N3O6. The van der Waals surface area contributed by atoms with Gasteiger partial charge in [-0.3, -0.25) is 29.3 Å². The first-order valence-corrected chi connectivity index (χ1v) is 13.8.